The van der Waals surface area contributed by atoms with Crippen LogP contribution in [0.3, 0.4) is 0 Å². The number of halogens is 1. The minimum absolute atomic E-state index is 0.231. The fourth-order valence-electron chi connectivity index (χ4n) is 3.83. The molecule has 1 atom stereocenters. The van der Waals surface area contributed by atoms with Crippen molar-refractivity contribution in [3.63, 3.8) is 0 Å². The van der Waals surface area contributed by atoms with Gasteiger partial charge in [0.1, 0.15) is 11.0 Å². The summed E-state index contributed by atoms with van der Waals surface area (Å²) in [5.74, 6) is 0.453. The lowest BCUT2D eigenvalue weighted by Gasteiger charge is -2.27. The highest BCUT2D eigenvalue weighted by Gasteiger charge is 2.19. The Hall–Kier alpha value is -3.29. The molecule has 0 radical (unpaired) electrons. The predicted molar refractivity (Wildman–Crippen MR) is 134 cm³/mol. The number of hydrogen-bond acceptors (Lipinski definition) is 4. The standard InChI is InChI=1S/C25H21ClN4O2S/c26-21-10-7-18(16-20(21)22-11-12-23-24(29-22)4-3-13-27-23)28-25(31)17-5-8-19(9-6-17)30-14-1-2-15-33(30)32/h3-13,16H,1-2,14-15H2,(H,28,31). The van der Waals surface area contributed by atoms with Crippen LogP contribution in [0, 0.1) is 0 Å². The predicted octanol–water partition coefficient (Wildman–Crippen LogP) is 5.47. The van der Waals surface area contributed by atoms with E-state index in [1.807, 2.05) is 46.8 Å². The van der Waals surface area contributed by atoms with Gasteiger partial charge in [0.15, 0.2) is 0 Å². The summed E-state index contributed by atoms with van der Waals surface area (Å²) in [6.07, 6.45) is 3.74. The molecule has 3 heterocycles. The van der Waals surface area contributed by atoms with Gasteiger partial charge >= 0.3 is 0 Å². The van der Waals surface area contributed by atoms with E-state index in [0.29, 0.717) is 27.7 Å². The van der Waals surface area contributed by atoms with Crippen molar-refractivity contribution >= 4 is 50.9 Å². The second kappa shape index (κ2) is 9.29. The Morgan fingerprint density at radius 3 is 2.67 bits per heavy atom. The number of amides is 1. The summed E-state index contributed by atoms with van der Waals surface area (Å²) in [6.45, 7) is 0.768. The van der Waals surface area contributed by atoms with Gasteiger partial charge in [-0.3, -0.25) is 14.1 Å². The minimum Gasteiger partial charge on any atom is -0.322 e. The van der Waals surface area contributed by atoms with E-state index in [4.69, 9.17) is 11.6 Å². The molecule has 0 bridgehead atoms. The number of nitrogens with zero attached hydrogens (tertiary/aromatic N) is 3. The number of nitrogens with one attached hydrogen (secondary N) is 1. The van der Waals surface area contributed by atoms with Gasteiger partial charge in [-0.2, -0.15) is 0 Å². The monoisotopic (exact) mass is 476 g/mol. The summed E-state index contributed by atoms with van der Waals surface area (Å²) in [6, 6.07) is 20.0. The van der Waals surface area contributed by atoms with Crippen LogP contribution in [-0.2, 0) is 11.0 Å². The Kier molecular flexibility index (Phi) is 6.07. The highest BCUT2D eigenvalue weighted by atomic mass is 35.5. The molecule has 166 valence electrons. The number of pyridine rings is 2. The number of rotatable bonds is 4. The lowest BCUT2D eigenvalue weighted by atomic mass is 10.1. The number of hydrogen-bond donors (Lipinski definition) is 1. The first-order valence-corrected chi connectivity index (χ1v) is 12.3. The number of carbonyl (C=O) groups is 1. The van der Waals surface area contributed by atoms with Crippen molar-refractivity contribution in [3.8, 4) is 11.3 Å². The molecule has 2 aromatic carbocycles. The molecule has 1 amide bonds. The van der Waals surface area contributed by atoms with E-state index in [1.54, 1.807) is 30.5 Å². The average molecular weight is 477 g/mol. The maximum atomic E-state index is 12.8. The van der Waals surface area contributed by atoms with Crippen LogP contribution in [0.1, 0.15) is 23.2 Å². The molecule has 1 saturated heterocycles. The number of aromatic nitrogens is 2. The van der Waals surface area contributed by atoms with E-state index in [-0.39, 0.29) is 5.91 Å². The van der Waals surface area contributed by atoms with Crippen LogP contribution in [0.5, 0.6) is 0 Å². The topological polar surface area (TPSA) is 75.2 Å². The highest BCUT2D eigenvalue weighted by molar-refractivity contribution is 7.86. The molecule has 0 saturated carbocycles. The summed E-state index contributed by atoms with van der Waals surface area (Å²) >= 11 is 6.44. The average Bonchev–Trinajstić information content (AvgIpc) is 2.85. The largest absolute Gasteiger partial charge is 0.322 e. The maximum absolute atomic E-state index is 12.8. The number of anilines is 2. The zero-order valence-corrected chi connectivity index (χ0v) is 19.3. The van der Waals surface area contributed by atoms with Crippen molar-refractivity contribution in [3.05, 3.63) is 83.5 Å². The molecule has 4 aromatic rings. The third-order valence-corrected chi connectivity index (χ3v) is 7.40. The van der Waals surface area contributed by atoms with E-state index in [0.717, 1.165) is 41.7 Å². The van der Waals surface area contributed by atoms with Crippen LogP contribution in [0.25, 0.3) is 22.3 Å². The molecule has 2 aromatic heterocycles. The number of fused-ring (bicyclic) bond motifs is 1. The Morgan fingerprint density at radius 1 is 1.00 bits per heavy atom. The minimum atomic E-state index is -1.000. The van der Waals surface area contributed by atoms with E-state index in [1.165, 1.54) is 0 Å². The third-order valence-electron chi connectivity index (χ3n) is 5.55. The molecular formula is C25H21ClN4O2S. The summed E-state index contributed by atoms with van der Waals surface area (Å²) < 4.78 is 14.1. The Labute approximate surface area is 199 Å². The lowest BCUT2D eigenvalue weighted by Crippen LogP contribution is -2.32. The van der Waals surface area contributed by atoms with Gasteiger partial charge in [-0.25, -0.2) is 9.19 Å². The highest BCUT2D eigenvalue weighted by Crippen LogP contribution is 2.31. The van der Waals surface area contributed by atoms with Crippen molar-refractivity contribution in [1.82, 2.24) is 9.97 Å². The normalized spacial score (nSPS) is 16.0. The molecule has 6 nitrogen and oxygen atoms in total. The Morgan fingerprint density at radius 2 is 1.85 bits per heavy atom. The van der Waals surface area contributed by atoms with Gasteiger partial charge in [-0.15, -0.1) is 0 Å². The van der Waals surface area contributed by atoms with Gasteiger partial charge in [-0.1, -0.05) is 11.6 Å². The Bertz CT molecular complexity index is 1360. The summed E-state index contributed by atoms with van der Waals surface area (Å²) in [4.78, 5) is 21.8. The summed E-state index contributed by atoms with van der Waals surface area (Å²) in [5.41, 5.74) is 5.02. The van der Waals surface area contributed by atoms with Crippen LogP contribution >= 0.6 is 11.6 Å². The molecule has 1 aliphatic rings. The molecule has 5 rings (SSSR count). The first-order valence-electron chi connectivity index (χ1n) is 10.7. The van der Waals surface area contributed by atoms with Gasteiger partial charge in [0.2, 0.25) is 0 Å². The Balaban J connectivity index is 1.36. The van der Waals surface area contributed by atoms with Crippen molar-refractivity contribution in [2.24, 2.45) is 0 Å². The molecule has 8 heteroatoms. The lowest BCUT2D eigenvalue weighted by molar-refractivity contribution is 0.102. The first-order chi connectivity index (χ1) is 16.1. The SMILES string of the molecule is O=C(Nc1ccc(Cl)c(-c2ccc3ncccc3n2)c1)c1ccc(N2CCCCS2=O)cc1. The zero-order valence-electron chi connectivity index (χ0n) is 17.7. The van der Waals surface area contributed by atoms with Crippen molar-refractivity contribution in [2.45, 2.75) is 12.8 Å². The number of carbonyl (C=O) groups excluding carboxylic acids is 1. The zero-order chi connectivity index (χ0) is 22.8. The third kappa shape index (κ3) is 4.60. The van der Waals surface area contributed by atoms with Gasteiger partial charge in [0.25, 0.3) is 5.91 Å². The van der Waals surface area contributed by atoms with Crippen LogP contribution in [0.15, 0.2) is 72.9 Å². The molecule has 1 aliphatic heterocycles. The smallest absolute Gasteiger partial charge is 0.255 e. The molecule has 1 N–H and O–H groups in total. The first kappa shape index (κ1) is 21.6. The van der Waals surface area contributed by atoms with Gasteiger partial charge in [0, 0.05) is 41.0 Å². The molecule has 0 spiro atoms. The van der Waals surface area contributed by atoms with E-state index in [9.17, 15) is 9.00 Å². The van der Waals surface area contributed by atoms with Crippen molar-refractivity contribution in [1.29, 1.82) is 0 Å². The van der Waals surface area contributed by atoms with E-state index < -0.39 is 11.0 Å². The van der Waals surface area contributed by atoms with Crippen molar-refractivity contribution in [2.75, 3.05) is 21.9 Å². The van der Waals surface area contributed by atoms with E-state index >= 15 is 0 Å². The summed E-state index contributed by atoms with van der Waals surface area (Å²) in [7, 11) is -1.000. The summed E-state index contributed by atoms with van der Waals surface area (Å²) in [5, 5.41) is 3.47. The molecular weight excluding hydrogens is 456 g/mol. The quantitative estimate of drug-likeness (QED) is 0.424. The molecule has 33 heavy (non-hydrogen) atoms. The van der Waals surface area contributed by atoms with Crippen LogP contribution in [0.2, 0.25) is 5.02 Å². The fraction of sp³-hybridized carbons (Fsp3) is 0.160. The maximum Gasteiger partial charge on any atom is 0.255 e. The van der Waals surface area contributed by atoms with E-state index in [2.05, 4.69) is 15.3 Å². The second-order valence-electron chi connectivity index (χ2n) is 7.77. The van der Waals surface area contributed by atoms with Crippen LogP contribution in [-0.4, -0.2) is 32.4 Å². The molecule has 1 unspecified atom stereocenters. The number of benzene rings is 2. The van der Waals surface area contributed by atoms with Gasteiger partial charge in [0.05, 0.1) is 21.7 Å². The van der Waals surface area contributed by atoms with Crippen LogP contribution < -0.4 is 9.62 Å². The van der Waals surface area contributed by atoms with Gasteiger partial charge in [-0.05, 0) is 79.6 Å². The van der Waals surface area contributed by atoms with Crippen molar-refractivity contribution < 1.29 is 9.00 Å². The molecule has 1 fully saturated rings. The molecule has 0 aliphatic carbocycles. The fourth-order valence-corrected chi connectivity index (χ4v) is 5.40. The second-order valence-corrected chi connectivity index (χ2v) is 9.67. The van der Waals surface area contributed by atoms with Crippen LogP contribution in [0.4, 0.5) is 11.4 Å². The van der Waals surface area contributed by atoms with Gasteiger partial charge < -0.3 is 5.32 Å².